The molecule has 1 atom stereocenters. The summed E-state index contributed by atoms with van der Waals surface area (Å²) in [6.07, 6.45) is 0. The number of nitrogens with two attached hydrogens (primary N) is 1. The second-order valence-electron chi connectivity index (χ2n) is 6.29. The van der Waals surface area contributed by atoms with Gasteiger partial charge in [0.05, 0.1) is 25.3 Å². The van der Waals surface area contributed by atoms with Gasteiger partial charge in [-0.25, -0.2) is 0 Å². The molecule has 2 rings (SSSR count). The average molecular weight is 421 g/mol. The van der Waals surface area contributed by atoms with Crippen molar-refractivity contribution in [3.05, 3.63) is 52.5 Å². The fourth-order valence-electron chi connectivity index (χ4n) is 2.97. The summed E-state index contributed by atoms with van der Waals surface area (Å²) in [6, 6.07) is 10.4. The van der Waals surface area contributed by atoms with Crippen LogP contribution in [0.25, 0.3) is 0 Å². The number of hydrogen-bond acceptors (Lipinski definition) is 5. The van der Waals surface area contributed by atoms with Gasteiger partial charge in [0.25, 0.3) is 11.8 Å². The number of primary amides is 1. The molecule has 2 N–H and O–H groups in total. The van der Waals surface area contributed by atoms with E-state index in [0.717, 1.165) is 11.3 Å². The van der Waals surface area contributed by atoms with E-state index in [1.54, 1.807) is 12.0 Å². The molecule has 0 aliphatic rings. The van der Waals surface area contributed by atoms with Gasteiger partial charge in [0.15, 0.2) is 18.1 Å². The largest absolute Gasteiger partial charge is 0.497 e. The molecule has 1 unspecified atom stereocenters. The van der Waals surface area contributed by atoms with Gasteiger partial charge in [0.1, 0.15) is 5.75 Å². The van der Waals surface area contributed by atoms with E-state index >= 15 is 0 Å². The summed E-state index contributed by atoms with van der Waals surface area (Å²) in [5.41, 5.74) is 6.40. The molecule has 8 heteroatoms. The minimum atomic E-state index is -0.646. The van der Waals surface area contributed by atoms with Crippen LogP contribution in [0.4, 0.5) is 0 Å². The van der Waals surface area contributed by atoms with Crippen LogP contribution in [-0.2, 0) is 4.79 Å². The summed E-state index contributed by atoms with van der Waals surface area (Å²) in [5, 5.41) is 0.152. The van der Waals surface area contributed by atoms with E-state index in [0.29, 0.717) is 12.1 Å². The third-order valence-corrected chi connectivity index (χ3v) is 4.76. The first-order valence-corrected chi connectivity index (χ1v) is 9.43. The molecular formula is C21H25ClN2O5. The molecule has 0 aromatic heterocycles. The van der Waals surface area contributed by atoms with Crippen molar-refractivity contribution in [1.82, 2.24) is 4.90 Å². The molecule has 0 spiro atoms. The van der Waals surface area contributed by atoms with Crippen molar-refractivity contribution >= 4 is 23.4 Å². The van der Waals surface area contributed by atoms with Crippen molar-refractivity contribution in [2.75, 3.05) is 27.4 Å². The van der Waals surface area contributed by atoms with Crippen LogP contribution in [0.3, 0.4) is 0 Å². The average Bonchev–Trinajstić information content (AvgIpc) is 2.72. The predicted molar refractivity (Wildman–Crippen MR) is 111 cm³/mol. The number of ether oxygens (including phenoxy) is 3. The first-order valence-electron chi connectivity index (χ1n) is 9.05. The zero-order valence-corrected chi connectivity index (χ0v) is 17.7. The number of amides is 2. The summed E-state index contributed by atoms with van der Waals surface area (Å²) in [6.45, 7) is 3.98. The van der Waals surface area contributed by atoms with Crippen molar-refractivity contribution in [2.24, 2.45) is 5.73 Å². The van der Waals surface area contributed by atoms with Crippen molar-refractivity contribution in [1.29, 1.82) is 0 Å². The molecule has 156 valence electrons. The Morgan fingerprint density at radius 2 is 1.90 bits per heavy atom. The molecule has 0 bridgehead atoms. The molecule has 0 saturated heterocycles. The lowest BCUT2D eigenvalue weighted by molar-refractivity contribution is -0.119. The van der Waals surface area contributed by atoms with Gasteiger partial charge in [-0.3, -0.25) is 9.59 Å². The van der Waals surface area contributed by atoms with Crippen molar-refractivity contribution in [3.8, 4) is 17.2 Å². The minimum absolute atomic E-state index is 0.152. The van der Waals surface area contributed by atoms with Crippen LogP contribution < -0.4 is 19.9 Å². The van der Waals surface area contributed by atoms with Crippen LogP contribution in [-0.4, -0.2) is 44.1 Å². The molecule has 2 aromatic rings. The molecule has 0 heterocycles. The van der Waals surface area contributed by atoms with E-state index in [2.05, 4.69) is 0 Å². The van der Waals surface area contributed by atoms with Gasteiger partial charge in [0, 0.05) is 12.1 Å². The third-order valence-electron chi connectivity index (χ3n) is 4.48. The summed E-state index contributed by atoms with van der Waals surface area (Å²) in [7, 11) is 3.02. The molecule has 2 amide bonds. The van der Waals surface area contributed by atoms with Gasteiger partial charge >= 0.3 is 0 Å². The molecule has 7 nitrogen and oxygen atoms in total. The lowest BCUT2D eigenvalue weighted by Gasteiger charge is -2.29. The smallest absolute Gasteiger partial charge is 0.255 e. The number of carbonyl (C=O) groups excluding carboxylic acids is 2. The number of hydrogen-bond donors (Lipinski definition) is 1. The van der Waals surface area contributed by atoms with E-state index in [-0.39, 0.29) is 35.1 Å². The molecule has 0 aliphatic carbocycles. The zero-order valence-electron chi connectivity index (χ0n) is 16.9. The highest BCUT2D eigenvalue weighted by atomic mass is 35.5. The Morgan fingerprint density at radius 1 is 1.17 bits per heavy atom. The van der Waals surface area contributed by atoms with Crippen molar-refractivity contribution in [3.63, 3.8) is 0 Å². The topological polar surface area (TPSA) is 91.1 Å². The fourth-order valence-corrected chi connectivity index (χ4v) is 3.23. The second kappa shape index (κ2) is 10.0. The van der Waals surface area contributed by atoms with Crippen molar-refractivity contribution in [2.45, 2.75) is 19.9 Å². The predicted octanol–water partition coefficient (Wildman–Crippen LogP) is 3.44. The number of benzene rings is 2. The molecule has 2 aromatic carbocycles. The number of methoxy groups -OCH3 is 2. The maximum absolute atomic E-state index is 13.2. The molecule has 0 fully saturated rings. The van der Waals surface area contributed by atoms with Gasteiger partial charge in [-0.15, -0.1) is 0 Å². The molecule has 0 radical (unpaired) electrons. The van der Waals surface area contributed by atoms with E-state index in [1.807, 2.05) is 38.1 Å². The summed E-state index contributed by atoms with van der Waals surface area (Å²) in [5.74, 6) is 0.260. The van der Waals surface area contributed by atoms with Gasteiger partial charge in [-0.05, 0) is 43.7 Å². The first-order chi connectivity index (χ1) is 13.8. The molecule has 0 aliphatic heterocycles. The monoisotopic (exact) mass is 420 g/mol. The lowest BCUT2D eigenvalue weighted by atomic mass is 10.0. The number of nitrogens with zero attached hydrogens (tertiary/aromatic N) is 1. The fraction of sp³-hybridized carbons (Fsp3) is 0.333. The summed E-state index contributed by atoms with van der Waals surface area (Å²) < 4.78 is 15.9. The Bertz CT molecular complexity index is 887. The summed E-state index contributed by atoms with van der Waals surface area (Å²) >= 11 is 6.28. The molecular weight excluding hydrogens is 396 g/mol. The lowest BCUT2D eigenvalue weighted by Crippen LogP contribution is -2.33. The maximum atomic E-state index is 13.2. The SMILES string of the molecule is CCN(C(=O)c1cc(Cl)c(OCC(N)=O)c(OC)c1)C(C)c1cccc(OC)c1. The van der Waals surface area contributed by atoms with E-state index in [4.69, 9.17) is 31.5 Å². The minimum Gasteiger partial charge on any atom is -0.497 e. The quantitative estimate of drug-likeness (QED) is 0.670. The van der Waals surface area contributed by atoms with Crippen molar-refractivity contribution < 1.29 is 23.8 Å². The Hall–Kier alpha value is -2.93. The Morgan fingerprint density at radius 3 is 2.48 bits per heavy atom. The highest BCUT2D eigenvalue weighted by Gasteiger charge is 2.24. The zero-order chi connectivity index (χ0) is 21.6. The van der Waals surface area contributed by atoms with Crippen LogP contribution >= 0.6 is 11.6 Å². The third kappa shape index (κ3) is 5.32. The van der Waals surface area contributed by atoms with E-state index in [1.165, 1.54) is 19.2 Å². The summed E-state index contributed by atoms with van der Waals surface area (Å²) in [4.78, 5) is 25.9. The Balaban J connectivity index is 2.35. The maximum Gasteiger partial charge on any atom is 0.255 e. The Labute approximate surface area is 175 Å². The van der Waals surface area contributed by atoms with Gasteiger partial charge in [-0.1, -0.05) is 23.7 Å². The number of carbonyl (C=O) groups is 2. The number of halogens is 1. The number of rotatable bonds is 9. The highest BCUT2D eigenvalue weighted by molar-refractivity contribution is 6.32. The van der Waals surface area contributed by atoms with E-state index in [9.17, 15) is 9.59 Å². The second-order valence-corrected chi connectivity index (χ2v) is 6.70. The van der Waals surface area contributed by atoms with Gasteiger partial charge in [-0.2, -0.15) is 0 Å². The van der Waals surface area contributed by atoms with E-state index < -0.39 is 5.91 Å². The normalized spacial score (nSPS) is 11.5. The standard InChI is InChI=1S/C21H25ClN2O5/c1-5-24(13(2)14-7-6-8-16(9-14)27-3)21(26)15-10-17(22)20(18(11-15)28-4)29-12-19(23)25/h6-11,13H,5,12H2,1-4H3,(H2,23,25). The van der Waals surface area contributed by atoms with Crippen LogP contribution in [0, 0.1) is 0 Å². The van der Waals surface area contributed by atoms with Crippen LogP contribution in [0.2, 0.25) is 5.02 Å². The molecule has 0 saturated carbocycles. The van der Waals surface area contributed by atoms with Crippen LogP contribution in [0.15, 0.2) is 36.4 Å². The highest BCUT2D eigenvalue weighted by Crippen LogP contribution is 2.37. The van der Waals surface area contributed by atoms with Gasteiger partial charge in [0.2, 0.25) is 0 Å². The van der Waals surface area contributed by atoms with Crippen LogP contribution in [0.1, 0.15) is 35.8 Å². The first kappa shape index (κ1) is 22.4. The Kier molecular flexibility index (Phi) is 7.73. The van der Waals surface area contributed by atoms with Crippen LogP contribution in [0.5, 0.6) is 17.2 Å². The van der Waals surface area contributed by atoms with Gasteiger partial charge < -0.3 is 24.8 Å². The molecule has 29 heavy (non-hydrogen) atoms.